The van der Waals surface area contributed by atoms with E-state index in [9.17, 15) is 4.79 Å². The number of rotatable bonds is 3. The van der Waals surface area contributed by atoms with Gasteiger partial charge in [0.15, 0.2) is 0 Å². The van der Waals surface area contributed by atoms with Crippen molar-refractivity contribution in [1.82, 2.24) is 4.98 Å². The minimum absolute atomic E-state index is 0.319. The van der Waals surface area contributed by atoms with Crippen LogP contribution in [0.25, 0.3) is 10.4 Å². The van der Waals surface area contributed by atoms with Gasteiger partial charge in [0.1, 0.15) is 0 Å². The average molecular weight is 206 g/mol. The summed E-state index contributed by atoms with van der Waals surface area (Å²) < 4.78 is 4.59. The summed E-state index contributed by atoms with van der Waals surface area (Å²) in [6.07, 6.45) is 1.53. The highest BCUT2D eigenvalue weighted by atomic mass is 16.5. The van der Waals surface area contributed by atoms with Crippen LogP contribution in [0.4, 0.5) is 0 Å². The first kappa shape index (κ1) is 11.0. The van der Waals surface area contributed by atoms with Crippen molar-refractivity contribution >= 4 is 5.97 Å². The molecule has 0 aliphatic rings. The molecule has 0 radical (unpaired) electrons. The quantitative estimate of drug-likeness (QED) is 0.329. The predicted molar refractivity (Wildman–Crippen MR) is 53.1 cm³/mol. The zero-order chi connectivity index (χ0) is 11.3. The first-order valence-corrected chi connectivity index (χ1v) is 4.28. The van der Waals surface area contributed by atoms with Crippen LogP contribution in [0.5, 0.6) is 0 Å². The summed E-state index contributed by atoms with van der Waals surface area (Å²) in [4.78, 5) is 18.0. The normalized spacial score (nSPS) is 11.3. The molecular formula is C9H10N4O2. The van der Waals surface area contributed by atoms with Crippen LogP contribution in [0.1, 0.15) is 29.0 Å². The number of pyridine rings is 1. The fourth-order valence-electron chi connectivity index (χ4n) is 1.17. The third-order valence-electron chi connectivity index (χ3n) is 1.86. The van der Waals surface area contributed by atoms with Crippen LogP contribution >= 0.6 is 0 Å². The van der Waals surface area contributed by atoms with E-state index < -0.39 is 12.0 Å². The molecule has 0 amide bonds. The lowest BCUT2D eigenvalue weighted by Gasteiger charge is -2.08. The van der Waals surface area contributed by atoms with Crippen molar-refractivity contribution in [3.05, 3.63) is 40.0 Å². The van der Waals surface area contributed by atoms with Crippen molar-refractivity contribution in [2.45, 2.75) is 13.0 Å². The van der Waals surface area contributed by atoms with E-state index >= 15 is 0 Å². The number of hydrogen-bond donors (Lipinski definition) is 0. The summed E-state index contributed by atoms with van der Waals surface area (Å²) in [5.74, 6) is -0.488. The Bertz CT molecular complexity index is 412. The van der Waals surface area contributed by atoms with Gasteiger partial charge in [0.05, 0.1) is 24.4 Å². The topological polar surface area (TPSA) is 88.0 Å². The largest absolute Gasteiger partial charge is 0.465 e. The fourth-order valence-corrected chi connectivity index (χ4v) is 1.17. The van der Waals surface area contributed by atoms with E-state index in [1.807, 2.05) is 0 Å². The zero-order valence-corrected chi connectivity index (χ0v) is 8.41. The third-order valence-corrected chi connectivity index (χ3v) is 1.86. The predicted octanol–water partition coefficient (Wildman–Crippen LogP) is 2.24. The number of azide groups is 1. The van der Waals surface area contributed by atoms with Crippen LogP contribution in [-0.4, -0.2) is 18.1 Å². The molecular weight excluding hydrogens is 196 g/mol. The van der Waals surface area contributed by atoms with Crippen LogP contribution < -0.4 is 0 Å². The molecule has 1 heterocycles. The van der Waals surface area contributed by atoms with Crippen molar-refractivity contribution in [2.24, 2.45) is 5.11 Å². The third kappa shape index (κ3) is 2.45. The second-order valence-corrected chi connectivity index (χ2v) is 2.81. The Morgan fingerprint density at radius 3 is 3.07 bits per heavy atom. The van der Waals surface area contributed by atoms with Gasteiger partial charge in [-0.2, -0.15) is 0 Å². The highest BCUT2D eigenvalue weighted by molar-refractivity contribution is 5.90. The van der Waals surface area contributed by atoms with Gasteiger partial charge >= 0.3 is 5.97 Å². The Morgan fingerprint density at radius 2 is 2.47 bits per heavy atom. The molecule has 1 unspecified atom stereocenters. The maximum atomic E-state index is 11.3. The van der Waals surface area contributed by atoms with Gasteiger partial charge < -0.3 is 4.74 Å². The number of nitrogens with zero attached hydrogens (tertiary/aromatic N) is 4. The van der Waals surface area contributed by atoms with Gasteiger partial charge in [0.25, 0.3) is 0 Å². The molecule has 0 fully saturated rings. The molecule has 0 N–H and O–H groups in total. The Balaban J connectivity index is 3.16. The molecule has 78 valence electrons. The molecule has 1 atom stereocenters. The lowest BCUT2D eigenvalue weighted by Crippen LogP contribution is -2.08. The van der Waals surface area contributed by atoms with Gasteiger partial charge in [0, 0.05) is 11.1 Å². The zero-order valence-electron chi connectivity index (χ0n) is 8.41. The first-order chi connectivity index (χ1) is 7.20. The molecule has 1 aromatic rings. The van der Waals surface area contributed by atoms with E-state index in [1.54, 1.807) is 19.1 Å². The van der Waals surface area contributed by atoms with Crippen molar-refractivity contribution in [3.8, 4) is 0 Å². The van der Waals surface area contributed by atoms with Crippen molar-refractivity contribution < 1.29 is 9.53 Å². The van der Waals surface area contributed by atoms with Gasteiger partial charge in [0.2, 0.25) is 0 Å². The van der Waals surface area contributed by atoms with E-state index in [-0.39, 0.29) is 0 Å². The Morgan fingerprint density at radius 1 is 1.73 bits per heavy atom. The molecule has 0 aliphatic heterocycles. The summed E-state index contributed by atoms with van der Waals surface area (Å²) in [6.45, 7) is 1.66. The maximum Gasteiger partial charge on any atom is 0.339 e. The molecule has 0 saturated heterocycles. The number of carbonyl (C=O) groups is 1. The molecule has 6 heteroatoms. The summed E-state index contributed by atoms with van der Waals surface area (Å²) >= 11 is 0. The minimum atomic E-state index is -0.495. The standard InChI is InChI=1S/C9H10N4O2/c1-6(12-13-10)8-7(9(14)15-2)4-3-5-11-8/h3-6H,1-2H3. The summed E-state index contributed by atoms with van der Waals surface area (Å²) in [5.41, 5.74) is 9.04. The lowest BCUT2D eigenvalue weighted by atomic mass is 10.1. The van der Waals surface area contributed by atoms with E-state index in [4.69, 9.17) is 5.53 Å². The molecule has 0 spiro atoms. The summed E-state index contributed by atoms with van der Waals surface area (Å²) in [7, 11) is 1.29. The Kier molecular flexibility index (Phi) is 3.65. The molecule has 0 aliphatic carbocycles. The summed E-state index contributed by atoms with van der Waals surface area (Å²) in [6, 6.07) is 2.71. The highest BCUT2D eigenvalue weighted by Gasteiger charge is 2.16. The second kappa shape index (κ2) is 4.97. The van der Waals surface area contributed by atoms with E-state index in [0.717, 1.165) is 0 Å². The van der Waals surface area contributed by atoms with E-state index in [2.05, 4.69) is 19.7 Å². The van der Waals surface area contributed by atoms with Gasteiger partial charge in [-0.3, -0.25) is 4.98 Å². The first-order valence-electron chi connectivity index (χ1n) is 4.28. The molecule has 0 bridgehead atoms. The number of ether oxygens (including phenoxy) is 1. The molecule has 6 nitrogen and oxygen atoms in total. The average Bonchev–Trinajstić information content (AvgIpc) is 2.28. The highest BCUT2D eigenvalue weighted by Crippen LogP contribution is 2.19. The molecule has 0 saturated carbocycles. The Hall–Kier alpha value is -2.07. The van der Waals surface area contributed by atoms with Crippen LogP contribution in [0.15, 0.2) is 23.4 Å². The van der Waals surface area contributed by atoms with Crippen LogP contribution in [0.2, 0.25) is 0 Å². The molecule has 1 rings (SSSR count). The molecule has 1 aromatic heterocycles. The van der Waals surface area contributed by atoms with E-state index in [1.165, 1.54) is 13.3 Å². The maximum absolute atomic E-state index is 11.3. The van der Waals surface area contributed by atoms with Crippen LogP contribution in [-0.2, 0) is 4.74 Å². The number of methoxy groups -OCH3 is 1. The fraction of sp³-hybridized carbons (Fsp3) is 0.333. The number of hydrogen-bond acceptors (Lipinski definition) is 4. The van der Waals surface area contributed by atoms with Crippen LogP contribution in [0, 0.1) is 0 Å². The summed E-state index contributed by atoms with van der Waals surface area (Å²) in [5, 5.41) is 3.48. The van der Waals surface area contributed by atoms with E-state index in [0.29, 0.717) is 11.3 Å². The van der Waals surface area contributed by atoms with Crippen molar-refractivity contribution in [1.29, 1.82) is 0 Å². The monoisotopic (exact) mass is 206 g/mol. The number of esters is 1. The van der Waals surface area contributed by atoms with Gasteiger partial charge in [-0.1, -0.05) is 12.0 Å². The minimum Gasteiger partial charge on any atom is -0.465 e. The van der Waals surface area contributed by atoms with Crippen molar-refractivity contribution in [2.75, 3.05) is 7.11 Å². The number of aromatic nitrogens is 1. The van der Waals surface area contributed by atoms with Crippen LogP contribution in [0.3, 0.4) is 0 Å². The smallest absolute Gasteiger partial charge is 0.339 e. The SMILES string of the molecule is COC(=O)c1cccnc1C(C)N=[N+]=[N-]. The van der Waals surface area contributed by atoms with Gasteiger partial charge in [-0.05, 0) is 17.7 Å². The van der Waals surface area contributed by atoms with Gasteiger partial charge in [-0.15, -0.1) is 0 Å². The lowest BCUT2D eigenvalue weighted by molar-refractivity contribution is 0.0598. The second-order valence-electron chi connectivity index (χ2n) is 2.81. The number of carbonyl (C=O) groups excluding carboxylic acids is 1. The van der Waals surface area contributed by atoms with Gasteiger partial charge in [-0.25, -0.2) is 4.79 Å². The van der Waals surface area contributed by atoms with Crippen molar-refractivity contribution in [3.63, 3.8) is 0 Å². The molecule has 15 heavy (non-hydrogen) atoms. The Labute approximate surface area is 86.5 Å². The molecule has 0 aromatic carbocycles.